The molecule has 0 aromatic heterocycles. The van der Waals surface area contributed by atoms with Gasteiger partial charge in [-0.05, 0) is 49.4 Å². The summed E-state index contributed by atoms with van der Waals surface area (Å²) in [6, 6.07) is 0. The van der Waals surface area contributed by atoms with Crippen molar-refractivity contribution in [2.24, 2.45) is 23.7 Å². The Kier molecular flexibility index (Phi) is 65.0. The van der Waals surface area contributed by atoms with Crippen molar-refractivity contribution >= 4 is 39.5 Å². The number of carbonyl (C=O) groups excluding carboxylic acids is 4. The Bertz CT molecular complexity index is 1890. The molecule has 17 nitrogen and oxygen atoms in total. The quantitative estimate of drug-likeness (QED) is 0.0222. The molecular weight excluding hydrogens is 1260 g/mol. The Balaban J connectivity index is 5.14. The molecule has 0 aromatic carbocycles. The van der Waals surface area contributed by atoms with E-state index in [4.69, 9.17) is 37.0 Å². The SMILES string of the molecule is CCC(C)CCCCCCCCCCCCCCCCCCCCC(=O)OC[C@H](COP(=O)(O)OC[C@@H](O)COP(=O)(O)OC[C@@H](COC(=O)CCCCCCCCC(C)C)OC(=O)CCCCCCCCCCCCCC(C)C)OC(=O)CCCCCCCCCCC(C)C. The van der Waals surface area contributed by atoms with Gasteiger partial charge in [0.15, 0.2) is 12.2 Å². The maximum Gasteiger partial charge on any atom is 0.472 e. The number of aliphatic hydroxyl groups is 1. The highest BCUT2D eigenvalue weighted by atomic mass is 31.2. The van der Waals surface area contributed by atoms with Gasteiger partial charge in [-0.3, -0.25) is 37.3 Å². The third-order valence-electron chi connectivity index (χ3n) is 18.2. The van der Waals surface area contributed by atoms with E-state index in [9.17, 15) is 43.2 Å². The first kappa shape index (κ1) is 94.1. The summed E-state index contributed by atoms with van der Waals surface area (Å²) < 4.78 is 68.5. The van der Waals surface area contributed by atoms with E-state index in [1.165, 1.54) is 186 Å². The molecule has 0 aliphatic carbocycles. The second-order valence-corrected chi connectivity index (χ2v) is 32.3. The smallest absolute Gasteiger partial charge is 0.462 e. The van der Waals surface area contributed by atoms with Crippen molar-refractivity contribution in [1.29, 1.82) is 0 Å². The fraction of sp³-hybridized carbons (Fsp3) is 0.948. The maximum absolute atomic E-state index is 13.1. The predicted octanol–water partition coefficient (Wildman–Crippen LogP) is 22.4. The van der Waals surface area contributed by atoms with Crippen LogP contribution in [0.25, 0.3) is 0 Å². The van der Waals surface area contributed by atoms with Gasteiger partial charge in [0, 0.05) is 25.7 Å². The molecule has 0 amide bonds. The zero-order valence-electron chi connectivity index (χ0n) is 63.0. The van der Waals surface area contributed by atoms with Crippen LogP contribution in [0.1, 0.15) is 389 Å². The van der Waals surface area contributed by atoms with E-state index in [1.807, 2.05) is 0 Å². The van der Waals surface area contributed by atoms with Crippen molar-refractivity contribution in [3.63, 3.8) is 0 Å². The van der Waals surface area contributed by atoms with Crippen LogP contribution in [0.15, 0.2) is 0 Å². The first-order chi connectivity index (χ1) is 46.1. The van der Waals surface area contributed by atoms with E-state index in [-0.39, 0.29) is 25.7 Å². The summed E-state index contributed by atoms with van der Waals surface area (Å²) in [6.07, 6.45) is 51.7. The first-order valence-corrected chi connectivity index (χ1v) is 42.7. The Hall–Kier alpha value is -1.94. The van der Waals surface area contributed by atoms with Gasteiger partial charge < -0.3 is 33.8 Å². The van der Waals surface area contributed by atoms with Gasteiger partial charge in [-0.15, -0.1) is 0 Å². The van der Waals surface area contributed by atoms with Crippen LogP contribution in [0.4, 0.5) is 0 Å². The fourth-order valence-electron chi connectivity index (χ4n) is 11.7. The number of hydrogen-bond donors (Lipinski definition) is 3. The van der Waals surface area contributed by atoms with Crippen LogP contribution < -0.4 is 0 Å². The minimum atomic E-state index is -4.96. The molecule has 0 rings (SSSR count). The van der Waals surface area contributed by atoms with Gasteiger partial charge in [-0.25, -0.2) is 9.13 Å². The molecule has 0 aliphatic rings. The second kappa shape index (κ2) is 66.3. The number of unbranched alkanes of at least 4 members (excludes halogenated alkanes) is 39. The van der Waals surface area contributed by atoms with Crippen LogP contribution in [0, 0.1) is 23.7 Å². The minimum absolute atomic E-state index is 0.104. The number of phosphoric ester groups is 2. The number of aliphatic hydroxyl groups excluding tert-OH is 1. The van der Waals surface area contributed by atoms with Gasteiger partial charge in [0.25, 0.3) is 0 Å². The monoisotopic (exact) mass is 1410 g/mol. The topological polar surface area (TPSA) is 237 Å². The number of phosphoric acid groups is 2. The average Bonchev–Trinajstić information content (AvgIpc) is 1.11. The Labute approximate surface area is 588 Å². The number of esters is 4. The van der Waals surface area contributed by atoms with E-state index in [1.54, 1.807) is 0 Å². The molecule has 3 N–H and O–H groups in total. The highest BCUT2D eigenvalue weighted by Crippen LogP contribution is 2.45. The average molecular weight is 1410 g/mol. The molecule has 6 atom stereocenters. The molecule has 3 unspecified atom stereocenters. The summed E-state index contributed by atoms with van der Waals surface area (Å²) in [6.45, 7) is 14.1. The number of hydrogen-bond acceptors (Lipinski definition) is 15. The van der Waals surface area contributed by atoms with E-state index in [0.717, 1.165) is 114 Å². The van der Waals surface area contributed by atoms with Gasteiger partial charge >= 0.3 is 39.5 Å². The van der Waals surface area contributed by atoms with Crippen molar-refractivity contribution in [1.82, 2.24) is 0 Å². The van der Waals surface area contributed by atoms with Gasteiger partial charge in [0.2, 0.25) is 0 Å². The largest absolute Gasteiger partial charge is 0.472 e. The molecule has 0 bridgehead atoms. The van der Waals surface area contributed by atoms with E-state index in [2.05, 4.69) is 55.4 Å². The summed E-state index contributed by atoms with van der Waals surface area (Å²) in [5.41, 5.74) is 0. The van der Waals surface area contributed by atoms with E-state index in [0.29, 0.717) is 31.6 Å². The van der Waals surface area contributed by atoms with Crippen molar-refractivity contribution in [2.45, 2.75) is 408 Å². The molecule has 570 valence electrons. The number of rotatable bonds is 74. The molecular formula is C77H150O17P2. The Morgan fingerprint density at radius 3 is 0.740 bits per heavy atom. The summed E-state index contributed by atoms with van der Waals surface area (Å²) >= 11 is 0. The van der Waals surface area contributed by atoms with Gasteiger partial charge in [0.05, 0.1) is 26.4 Å². The molecule has 96 heavy (non-hydrogen) atoms. The molecule has 0 aliphatic heterocycles. The van der Waals surface area contributed by atoms with Crippen LogP contribution in [-0.4, -0.2) is 96.7 Å². The zero-order valence-corrected chi connectivity index (χ0v) is 64.8. The van der Waals surface area contributed by atoms with Gasteiger partial charge in [0.1, 0.15) is 19.3 Å². The van der Waals surface area contributed by atoms with E-state index < -0.39 is 97.5 Å². The molecule has 0 saturated heterocycles. The lowest BCUT2D eigenvalue weighted by Crippen LogP contribution is -2.30. The zero-order chi connectivity index (χ0) is 71.0. The lowest BCUT2D eigenvalue weighted by atomic mass is 9.99. The van der Waals surface area contributed by atoms with Crippen LogP contribution in [0.5, 0.6) is 0 Å². The van der Waals surface area contributed by atoms with Crippen molar-refractivity contribution < 1.29 is 80.2 Å². The highest BCUT2D eigenvalue weighted by molar-refractivity contribution is 7.47. The Morgan fingerprint density at radius 1 is 0.292 bits per heavy atom. The molecule has 0 spiro atoms. The summed E-state index contributed by atoms with van der Waals surface area (Å²) in [4.78, 5) is 72.7. The van der Waals surface area contributed by atoms with Crippen LogP contribution >= 0.6 is 15.6 Å². The fourth-order valence-corrected chi connectivity index (χ4v) is 13.3. The molecule has 0 radical (unpaired) electrons. The van der Waals surface area contributed by atoms with Crippen LogP contribution in [-0.2, 0) is 65.4 Å². The molecule has 19 heteroatoms. The molecule has 0 heterocycles. The van der Waals surface area contributed by atoms with Gasteiger partial charge in [-0.1, -0.05) is 338 Å². The van der Waals surface area contributed by atoms with Crippen LogP contribution in [0.2, 0.25) is 0 Å². The normalized spacial score (nSPS) is 14.4. The first-order valence-electron chi connectivity index (χ1n) is 39.7. The number of carbonyl (C=O) groups is 4. The lowest BCUT2D eigenvalue weighted by molar-refractivity contribution is -0.161. The molecule has 0 saturated carbocycles. The van der Waals surface area contributed by atoms with Gasteiger partial charge in [-0.2, -0.15) is 0 Å². The second-order valence-electron chi connectivity index (χ2n) is 29.4. The summed E-state index contributed by atoms with van der Waals surface area (Å²) in [5, 5.41) is 10.6. The highest BCUT2D eigenvalue weighted by Gasteiger charge is 2.30. The predicted molar refractivity (Wildman–Crippen MR) is 391 cm³/mol. The van der Waals surface area contributed by atoms with Crippen molar-refractivity contribution in [3.05, 3.63) is 0 Å². The third-order valence-corrected chi connectivity index (χ3v) is 20.1. The molecule has 0 fully saturated rings. The summed E-state index contributed by atoms with van der Waals surface area (Å²) in [7, 11) is -9.91. The van der Waals surface area contributed by atoms with Crippen molar-refractivity contribution in [3.8, 4) is 0 Å². The summed E-state index contributed by atoms with van der Waals surface area (Å²) in [5.74, 6) is 0.912. The lowest BCUT2D eigenvalue weighted by Gasteiger charge is -2.21. The molecule has 0 aromatic rings. The minimum Gasteiger partial charge on any atom is -0.462 e. The standard InChI is InChI=1S/C77H150O17P2/c1-9-70(8)56-48-40-31-24-20-16-14-12-10-11-13-15-17-21-25-32-41-49-57-74(79)87-63-72(94-77(82)60-52-44-34-28-27-30-38-46-54-68(4)5)65-91-95(83,84)89-61-71(78)62-90-96(85,86)92-66-73(64-88-75(80)58-50-42-36-35-39-47-55-69(6)7)93-76(81)59-51-43-33-26-22-18-19-23-29-37-45-53-67(2)3/h67-73,78H,9-66H2,1-8H3,(H,83,84)(H,85,86)/t70?,71-,72-,73-/m1/s1. The Morgan fingerprint density at radius 2 is 0.500 bits per heavy atom. The van der Waals surface area contributed by atoms with Crippen molar-refractivity contribution in [2.75, 3.05) is 39.6 Å². The number of ether oxygens (including phenoxy) is 4. The van der Waals surface area contributed by atoms with E-state index >= 15 is 0 Å². The maximum atomic E-state index is 13.1. The van der Waals surface area contributed by atoms with Crippen LogP contribution in [0.3, 0.4) is 0 Å². The third kappa shape index (κ3) is 69.2.